The Hall–Kier alpha value is -2.84. The van der Waals surface area contributed by atoms with Crippen molar-refractivity contribution in [2.24, 2.45) is 0 Å². The average molecular weight is 470 g/mol. The minimum absolute atomic E-state index is 0.0601. The Morgan fingerprint density at radius 3 is 2.55 bits per heavy atom. The van der Waals surface area contributed by atoms with Crippen LogP contribution in [0, 0.1) is 13.8 Å². The van der Waals surface area contributed by atoms with Crippen molar-refractivity contribution in [2.75, 3.05) is 18.6 Å². The monoisotopic (exact) mass is 469 g/mol. The second-order valence-electron chi connectivity index (χ2n) is 8.51. The highest BCUT2D eigenvalue weighted by Crippen LogP contribution is 2.29. The molecule has 4 rings (SSSR count). The SMILES string of the molecule is COc1cc(CNCc2c(C)nn([C@H]3CCS(=O)(=O)C3)c2C)ccc1OCc1ccccc1. The van der Waals surface area contributed by atoms with E-state index in [9.17, 15) is 8.42 Å². The summed E-state index contributed by atoms with van der Waals surface area (Å²) in [5, 5.41) is 8.12. The van der Waals surface area contributed by atoms with Crippen LogP contribution in [0.2, 0.25) is 0 Å². The average Bonchev–Trinajstić information content (AvgIpc) is 3.31. The Labute approximate surface area is 195 Å². The number of aromatic nitrogens is 2. The normalized spacial score (nSPS) is 17.2. The first-order valence-corrected chi connectivity index (χ1v) is 13.0. The third-order valence-electron chi connectivity index (χ3n) is 6.13. The van der Waals surface area contributed by atoms with Gasteiger partial charge in [0, 0.05) is 24.3 Å². The first kappa shape index (κ1) is 23.3. The molecule has 0 bridgehead atoms. The van der Waals surface area contributed by atoms with E-state index < -0.39 is 9.84 Å². The number of hydrogen-bond acceptors (Lipinski definition) is 6. The van der Waals surface area contributed by atoms with E-state index in [2.05, 4.69) is 10.4 Å². The Kier molecular flexibility index (Phi) is 7.05. The lowest BCUT2D eigenvalue weighted by atomic mass is 10.1. The molecule has 1 saturated heterocycles. The summed E-state index contributed by atoms with van der Waals surface area (Å²) in [4.78, 5) is 0. The van der Waals surface area contributed by atoms with Crippen LogP contribution in [0.1, 0.15) is 40.5 Å². The van der Waals surface area contributed by atoms with Gasteiger partial charge in [-0.15, -0.1) is 0 Å². The van der Waals surface area contributed by atoms with Gasteiger partial charge in [-0.1, -0.05) is 36.4 Å². The molecular formula is C25H31N3O4S. The maximum absolute atomic E-state index is 11.9. The molecular weight excluding hydrogens is 438 g/mol. The predicted octanol–water partition coefficient (Wildman–Crippen LogP) is 3.74. The van der Waals surface area contributed by atoms with E-state index in [0.717, 1.165) is 28.1 Å². The van der Waals surface area contributed by atoms with Gasteiger partial charge in [-0.3, -0.25) is 4.68 Å². The van der Waals surface area contributed by atoms with Crippen molar-refractivity contribution < 1.29 is 17.9 Å². The summed E-state index contributed by atoms with van der Waals surface area (Å²) in [7, 11) is -1.30. The molecule has 3 aromatic rings. The van der Waals surface area contributed by atoms with Crippen LogP contribution in [0.5, 0.6) is 11.5 Å². The second-order valence-corrected chi connectivity index (χ2v) is 10.7. The number of benzene rings is 2. The van der Waals surface area contributed by atoms with Crippen LogP contribution >= 0.6 is 0 Å². The third kappa shape index (κ3) is 5.57. The second kappa shape index (κ2) is 9.97. The first-order chi connectivity index (χ1) is 15.9. The highest BCUT2D eigenvalue weighted by molar-refractivity contribution is 7.91. The third-order valence-corrected chi connectivity index (χ3v) is 7.88. The topological polar surface area (TPSA) is 82.5 Å². The molecule has 0 spiro atoms. The molecule has 0 radical (unpaired) electrons. The zero-order chi connectivity index (χ0) is 23.4. The van der Waals surface area contributed by atoms with Crippen LogP contribution in [0.4, 0.5) is 0 Å². The van der Waals surface area contributed by atoms with Crippen LogP contribution in [-0.4, -0.2) is 36.8 Å². The van der Waals surface area contributed by atoms with Crippen molar-refractivity contribution in [1.82, 2.24) is 15.1 Å². The molecule has 0 unspecified atom stereocenters. The van der Waals surface area contributed by atoms with E-state index in [1.54, 1.807) is 7.11 Å². The van der Waals surface area contributed by atoms with Gasteiger partial charge < -0.3 is 14.8 Å². The number of ether oxygens (including phenoxy) is 2. The summed E-state index contributed by atoms with van der Waals surface area (Å²) >= 11 is 0. The van der Waals surface area contributed by atoms with Crippen LogP contribution in [-0.2, 0) is 29.5 Å². The van der Waals surface area contributed by atoms with Gasteiger partial charge in [-0.25, -0.2) is 8.42 Å². The largest absolute Gasteiger partial charge is 0.493 e. The van der Waals surface area contributed by atoms with Crippen molar-refractivity contribution in [2.45, 2.75) is 46.0 Å². The van der Waals surface area contributed by atoms with Crippen molar-refractivity contribution in [1.29, 1.82) is 0 Å². The van der Waals surface area contributed by atoms with E-state index >= 15 is 0 Å². The molecule has 8 heteroatoms. The molecule has 1 aliphatic heterocycles. The quantitative estimate of drug-likeness (QED) is 0.514. The van der Waals surface area contributed by atoms with Gasteiger partial charge in [0.05, 0.1) is 30.4 Å². The maximum atomic E-state index is 11.9. The summed E-state index contributed by atoms with van der Waals surface area (Å²) in [6, 6.07) is 15.9. The van der Waals surface area contributed by atoms with E-state index in [-0.39, 0.29) is 17.5 Å². The lowest BCUT2D eigenvalue weighted by Crippen LogP contribution is -2.16. The van der Waals surface area contributed by atoms with E-state index in [0.29, 0.717) is 37.6 Å². The molecule has 2 aromatic carbocycles. The lowest BCUT2D eigenvalue weighted by Gasteiger charge is -2.13. The van der Waals surface area contributed by atoms with Gasteiger partial charge in [0.2, 0.25) is 0 Å². The number of aryl methyl sites for hydroxylation is 1. The fourth-order valence-electron chi connectivity index (χ4n) is 4.29. The number of sulfone groups is 1. The number of nitrogens with zero attached hydrogens (tertiary/aromatic N) is 2. The number of methoxy groups -OCH3 is 1. The molecule has 0 saturated carbocycles. The summed E-state index contributed by atoms with van der Waals surface area (Å²) in [6.45, 7) is 5.80. The molecule has 7 nitrogen and oxygen atoms in total. The molecule has 1 fully saturated rings. The van der Waals surface area contributed by atoms with Gasteiger partial charge in [-0.2, -0.15) is 5.10 Å². The van der Waals surface area contributed by atoms with Crippen molar-refractivity contribution >= 4 is 9.84 Å². The standard InChI is InChI=1S/C25H31N3O4S/c1-18-23(19(2)28(27-18)22-11-12-33(29,30)17-22)15-26-14-21-9-10-24(25(13-21)31-3)32-16-20-7-5-4-6-8-20/h4-10,13,22,26H,11-12,14-17H2,1-3H3/t22-/m0/s1. The fraction of sp³-hybridized carbons (Fsp3) is 0.400. The molecule has 0 amide bonds. The smallest absolute Gasteiger partial charge is 0.161 e. The van der Waals surface area contributed by atoms with E-state index in [1.807, 2.05) is 67.1 Å². The minimum atomic E-state index is -2.95. The molecule has 1 aliphatic rings. The molecule has 1 aromatic heterocycles. The highest BCUT2D eigenvalue weighted by Gasteiger charge is 2.31. The van der Waals surface area contributed by atoms with Crippen LogP contribution in [0.3, 0.4) is 0 Å². The van der Waals surface area contributed by atoms with Crippen molar-refractivity contribution in [3.63, 3.8) is 0 Å². The Morgan fingerprint density at radius 1 is 1.06 bits per heavy atom. The van der Waals surface area contributed by atoms with Gasteiger partial charge in [0.15, 0.2) is 21.3 Å². The molecule has 176 valence electrons. The number of nitrogens with one attached hydrogen (secondary N) is 1. The summed E-state index contributed by atoms with van der Waals surface area (Å²) in [5.41, 5.74) is 5.28. The molecule has 0 aliphatic carbocycles. The van der Waals surface area contributed by atoms with Crippen LogP contribution < -0.4 is 14.8 Å². The van der Waals surface area contributed by atoms with Gasteiger partial charge in [0.1, 0.15) is 6.61 Å². The van der Waals surface area contributed by atoms with Gasteiger partial charge in [0.25, 0.3) is 0 Å². The van der Waals surface area contributed by atoms with Crippen molar-refractivity contribution in [3.05, 3.63) is 76.6 Å². The predicted molar refractivity (Wildman–Crippen MR) is 128 cm³/mol. The zero-order valence-electron chi connectivity index (χ0n) is 19.4. The van der Waals surface area contributed by atoms with Crippen molar-refractivity contribution in [3.8, 4) is 11.5 Å². The Bertz CT molecular complexity index is 1210. The first-order valence-electron chi connectivity index (χ1n) is 11.2. The summed E-state index contributed by atoms with van der Waals surface area (Å²) < 4.78 is 37.1. The van der Waals surface area contributed by atoms with Crippen LogP contribution in [0.25, 0.3) is 0 Å². The molecule has 1 atom stereocenters. The zero-order valence-corrected chi connectivity index (χ0v) is 20.2. The number of rotatable bonds is 9. The fourth-order valence-corrected chi connectivity index (χ4v) is 5.98. The lowest BCUT2D eigenvalue weighted by molar-refractivity contribution is 0.284. The molecule has 33 heavy (non-hydrogen) atoms. The number of hydrogen-bond donors (Lipinski definition) is 1. The van der Waals surface area contributed by atoms with E-state index in [4.69, 9.17) is 9.47 Å². The summed E-state index contributed by atoms with van der Waals surface area (Å²) in [6.07, 6.45) is 0.635. The minimum Gasteiger partial charge on any atom is -0.493 e. The maximum Gasteiger partial charge on any atom is 0.161 e. The summed E-state index contributed by atoms with van der Waals surface area (Å²) in [5.74, 6) is 1.84. The Morgan fingerprint density at radius 2 is 1.85 bits per heavy atom. The van der Waals surface area contributed by atoms with E-state index in [1.165, 1.54) is 0 Å². The van der Waals surface area contributed by atoms with Gasteiger partial charge >= 0.3 is 0 Å². The molecule has 2 heterocycles. The van der Waals surface area contributed by atoms with Crippen LogP contribution in [0.15, 0.2) is 48.5 Å². The molecule has 1 N–H and O–H groups in total. The Balaban J connectivity index is 1.37. The highest BCUT2D eigenvalue weighted by atomic mass is 32.2. The van der Waals surface area contributed by atoms with Gasteiger partial charge in [-0.05, 0) is 43.5 Å².